The van der Waals surface area contributed by atoms with E-state index in [9.17, 15) is 4.79 Å². The Morgan fingerprint density at radius 2 is 1.78 bits per heavy atom. The van der Waals surface area contributed by atoms with Crippen LogP contribution in [0.2, 0.25) is 0 Å². The molecule has 0 aliphatic heterocycles. The molecule has 126 valence electrons. The van der Waals surface area contributed by atoms with E-state index in [1.54, 1.807) is 0 Å². The van der Waals surface area contributed by atoms with Crippen molar-refractivity contribution in [1.29, 1.82) is 0 Å². The summed E-state index contributed by atoms with van der Waals surface area (Å²) in [7, 11) is 1.91. The predicted octanol–water partition coefficient (Wildman–Crippen LogP) is 4.62. The summed E-state index contributed by atoms with van der Waals surface area (Å²) in [6.45, 7) is 5.64. The van der Waals surface area contributed by atoms with Gasteiger partial charge in [0.15, 0.2) is 12.6 Å². The zero-order valence-corrected chi connectivity index (χ0v) is 14.4. The third kappa shape index (κ3) is 4.21. The molecule has 0 bridgehead atoms. The summed E-state index contributed by atoms with van der Waals surface area (Å²) in [6.07, 6.45) is 4.70. The molecular formula is C19H27NO3. The molecule has 0 aliphatic carbocycles. The molecule has 0 N–H and O–H groups in total. The van der Waals surface area contributed by atoms with Gasteiger partial charge in [-0.3, -0.25) is 4.79 Å². The molecule has 4 heteroatoms. The summed E-state index contributed by atoms with van der Waals surface area (Å²) in [5.41, 5.74) is 2.66. The average Bonchev–Trinajstić information content (AvgIpc) is 2.90. The van der Waals surface area contributed by atoms with E-state index in [0.717, 1.165) is 48.4 Å². The molecule has 0 atom stereocenters. The fourth-order valence-electron chi connectivity index (χ4n) is 2.67. The summed E-state index contributed by atoms with van der Waals surface area (Å²) in [6, 6.07) is 7.94. The molecular weight excluding hydrogens is 290 g/mol. The van der Waals surface area contributed by atoms with Gasteiger partial charge in [-0.15, -0.1) is 0 Å². The predicted molar refractivity (Wildman–Crippen MR) is 92.8 cm³/mol. The van der Waals surface area contributed by atoms with E-state index >= 15 is 0 Å². The van der Waals surface area contributed by atoms with Gasteiger partial charge in [-0.1, -0.05) is 44.9 Å². The monoisotopic (exact) mass is 317 g/mol. The van der Waals surface area contributed by atoms with Gasteiger partial charge >= 0.3 is 0 Å². The molecule has 0 aliphatic rings. The van der Waals surface area contributed by atoms with Gasteiger partial charge in [0, 0.05) is 18.0 Å². The number of unbranched alkanes of at least 4 members (excludes halogenated alkanes) is 2. The van der Waals surface area contributed by atoms with Crippen molar-refractivity contribution in [2.45, 2.75) is 45.8 Å². The maximum atomic E-state index is 11.2. The largest absolute Gasteiger partial charge is 0.348 e. The fraction of sp³-hybridized carbons (Fsp3) is 0.526. The first-order valence-corrected chi connectivity index (χ1v) is 8.49. The van der Waals surface area contributed by atoms with Crippen LogP contribution in [0.15, 0.2) is 24.3 Å². The summed E-state index contributed by atoms with van der Waals surface area (Å²) >= 11 is 0. The quantitative estimate of drug-likeness (QED) is 0.364. The molecule has 0 fully saturated rings. The van der Waals surface area contributed by atoms with Crippen LogP contribution in [-0.4, -0.2) is 24.1 Å². The number of carbonyl (C=O) groups is 1. The Kier molecular flexibility index (Phi) is 6.81. The van der Waals surface area contributed by atoms with Crippen LogP contribution in [0.3, 0.4) is 0 Å². The first-order chi connectivity index (χ1) is 11.2. The molecule has 2 rings (SSSR count). The lowest BCUT2D eigenvalue weighted by atomic mass is 10.1. The van der Waals surface area contributed by atoms with Crippen molar-refractivity contribution in [2.75, 3.05) is 13.2 Å². The van der Waals surface area contributed by atoms with Crippen molar-refractivity contribution < 1.29 is 14.3 Å². The molecule has 23 heavy (non-hydrogen) atoms. The molecule has 1 aromatic carbocycles. The van der Waals surface area contributed by atoms with E-state index in [1.807, 2.05) is 35.9 Å². The summed E-state index contributed by atoms with van der Waals surface area (Å²) < 4.78 is 13.9. The number of carbonyl (C=O) groups excluding carboxylic acids is 1. The highest BCUT2D eigenvalue weighted by Crippen LogP contribution is 2.29. The van der Waals surface area contributed by atoms with Gasteiger partial charge in [-0.2, -0.15) is 0 Å². The zero-order chi connectivity index (χ0) is 16.7. The lowest BCUT2D eigenvalue weighted by molar-refractivity contribution is -0.147. The number of benzene rings is 1. The molecule has 0 amide bonds. The third-order valence-corrected chi connectivity index (χ3v) is 4.03. The van der Waals surface area contributed by atoms with Gasteiger partial charge < -0.3 is 14.0 Å². The molecule has 0 saturated carbocycles. The number of nitrogens with zero attached hydrogens (tertiary/aromatic N) is 1. The Balaban J connectivity index is 2.33. The Hall–Kier alpha value is -1.65. The van der Waals surface area contributed by atoms with Crippen LogP contribution in [0.25, 0.3) is 10.9 Å². The standard InChI is InChI=1S/C19H27NO3/c1-4-6-11-22-19(23-12-7-5-2)17-10-8-9-15-13-16(14-21)20(3)18(15)17/h8-10,13-14,19H,4-7,11-12H2,1-3H3. The molecule has 0 unspecified atom stereocenters. The normalized spacial score (nSPS) is 11.5. The minimum atomic E-state index is -0.384. The van der Waals surface area contributed by atoms with Crippen LogP contribution in [0.4, 0.5) is 0 Å². The number of aryl methyl sites for hydroxylation is 1. The topological polar surface area (TPSA) is 40.5 Å². The molecule has 0 radical (unpaired) electrons. The molecule has 4 nitrogen and oxygen atoms in total. The first-order valence-electron chi connectivity index (χ1n) is 8.49. The van der Waals surface area contributed by atoms with Crippen molar-refractivity contribution in [3.05, 3.63) is 35.5 Å². The minimum absolute atomic E-state index is 0.384. The average molecular weight is 317 g/mol. The summed E-state index contributed by atoms with van der Waals surface area (Å²) in [4.78, 5) is 11.2. The smallest absolute Gasteiger partial charge is 0.185 e. The van der Waals surface area contributed by atoms with Crippen LogP contribution in [0.1, 0.15) is 61.9 Å². The van der Waals surface area contributed by atoms with Gasteiger partial charge in [0.05, 0.1) is 24.4 Å². The molecule has 1 aromatic heterocycles. The Morgan fingerprint density at radius 1 is 1.13 bits per heavy atom. The van der Waals surface area contributed by atoms with Crippen molar-refractivity contribution in [1.82, 2.24) is 4.57 Å². The maximum Gasteiger partial charge on any atom is 0.185 e. The molecule has 0 spiro atoms. The SMILES string of the molecule is CCCCOC(OCCCC)c1cccc2cc(C=O)n(C)c12. The lowest BCUT2D eigenvalue weighted by Gasteiger charge is -2.20. The van der Waals surface area contributed by atoms with Gasteiger partial charge in [-0.05, 0) is 18.9 Å². The number of para-hydroxylation sites is 1. The fourth-order valence-corrected chi connectivity index (χ4v) is 2.67. The van der Waals surface area contributed by atoms with Crippen LogP contribution in [0, 0.1) is 0 Å². The number of hydrogen-bond acceptors (Lipinski definition) is 3. The van der Waals surface area contributed by atoms with Crippen LogP contribution in [-0.2, 0) is 16.5 Å². The second-order valence-electron chi connectivity index (χ2n) is 5.81. The second-order valence-corrected chi connectivity index (χ2v) is 5.81. The Labute approximate surface area is 138 Å². The third-order valence-electron chi connectivity index (χ3n) is 4.03. The molecule has 2 aromatic rings. The molecule has 0 saturated heterocycles. The van der Waals surface area contributed by atoms with Crippen molar-refractivity contribution in [2.24, 2.45) is 7.05 Å². The molecule has 1 heterocycles. The van der Waals surface area contributed by atoms with Gasteiger partial charge in [0.1, 0.15) is 0 Å². The Morgan fingerprint density at radius 3 is 2.35 bits per heavy atom. The first kappa shape index (κ1) is 17.7. The highest BCUT2D eigenvalue weighted by molar-refractivity contribution is 5.90. The number of aromatic nitrogens is 1. The van der Waals surface area contributed by atoms with E-state index in [0.29, 0.717) is 18.9 Å². The highest BCUT2D eigenvalue weighted by Gasteiger charge is 2.18. The van der Waals surface area contributed by atoms with Crippen LogP contribution < -0.4 is 0 Å². The lowest BCUT2D eigenvalue weighted by Crippen LogP contribution is -2.12. The van der Waals surface area contributed by atoms with Crippen LogP contribution in [0.5, 0.6) is 0 Å². The van der Waals surface area contributed by atoms with E-state index in [2.05, 4.69) is 13.8 Å². The Bertz CT molecular complexity index is 623. The van der Waals surface area contributed by atoms with Gasteiger partial charge in [0.25, 0.3) is 0 Å². The number of fused-ring (bicyclic) bond motifs is 1. The van der Waals surface area contributed by atoms with Crippen molar-refractivity contribution in [3.63, 3.8) is 0 Å². The maximum absolute atomic E-state index is 11.2. The van der Waals surface area contributed by atoms with Gasteiger partial charge in [-0.25, -0.2) is 0 Å². The van der Waals surface area contributed by atoms with Crippen molar-refractivity contribution >= 4 is 17.2 Å². The van der Waals surface area contributed by atoms with E-state index in [-0.39, 0.29) is 6.29 Å². The number of aldehydes is 1. The van der Waals surface area contributed by atoms with Crippen molar-refractivity contribution in [3.8, 4) is 0 Å². The second kappa shape index (κ2) is 8.85. The van der Waals surface area contributed by atoms with Crippen LogP contribution >= 0.6 is 0 Å². The van der Waals surface area contributed by atoms with E-state index in [1.165, 1.54) is 0 Å². The van der Waals surface area contributed by atoms with Gasteiger partial charge in [0.2, 0.25) is 0 Å². The van der Waals surface area contributed by atoms with E-state index < -0.39 is 0 Å². The zero-order valence-electron chi connectivity index (χ0n) is 14.4. The summed E-state index contributed by atoms with van der Waals surface area (Å²) in [5, 5.41) is 1.04. The number of rotatable bonds is 10. The number of ether oxygens (including phenoxy) is 2. The summed E-state index contributed by atoms with van der Waals surface area (Å²) in [5.74, 6) is 0. The number of hydrogen-bond donors (Lipinski definition) is 0. The minimum Gasteiger partial charge on any atom is -0.348 e. The highest BCUT2D eigenvalue weighted by atomic mass is 16.7. The van der Waals surface area contributed by atoms with E-state index in [4.69, 9.17) is 9.47 Å².